The highest BCUT2D eigenvalue weighted by Crippen LogP contribution is 2.45. The highest BCUT2D eigenvalue weighted by atomic mass is 31.2. The summed E-state index contributed by atoms with van der Waals surface area (Å²) >= 11 is 0. The van der Waals surface area contributed by atoms with Crippen molar-refractivity contribution in [2.24, 2.45) is 5.92 Å². The minimum Gasteiger partial charge on any atom is -0.462 e. The molecule has 0 heterocycles. The number of carbonyl (C=O) groups excluding carboxylic acids is 4. The standard InChI is InChI=1S/C60H116O17P2/c1-6-9-12-15-17-19-21-23-25-31-36-41-46-60(65)77-56(50-71-58(63)44-39-34-29-27-26-28-33-37-42-53(4)5)52-75-79(68,69)73-48-54(61)47-72-78(66,67)74-51-55(49-70-57(62)43-38-32-14-11-8-3)76-59(64)45-40-35-30-24-22-20-18-16-13-10-7-2/h53-56,61H,6-52H2,1-5H3,(H,66,67)(H,68,69)/t54-,55+,56+/m0/s1. The molecule has 0 rings (SSSR count). The monoisotopic (exact) mass is 1170 g/mol. The van der Waals surface area contributed by atoms with Crippen molar-refractivity contribution in [1.29, 1.82) is 0 Å². The van der Waals surface area contributed by atoms with Crippen molar-refractivity contribution >= 4 is 39.5 Å². The van der Waals surface area contributed by atoms with E-state index in [1.807, 2.05) is 0 Å². The fourth-order valence-electron chi connectivity index (χ4n) is 8.88. The third-order valence-corrected chi connectivity index (χ3v) is 15.7. The summed E-state index contributed by atoms with van der Waals surface area (Å²) in [6, 6.07) is 0. The molecule has 0 radical (unpaired) electrons. The highest BCUT2D eigenvalue weighted by Gasteiger charge is 2.30. The number of unbranched alkanes of at least 4 members (excludes halogenated alkanes) is 32. The number of aliphatic hydroxyl groups is 1. The number of rotatable bonds is 60. The Morgan fingerprint density at radius 1 is 0.342 bits per heavy atom. The average Bonchev–Trinajstić information content (AvgIpc) is 3.41. The molecular formula is C60H116O17P2. The fourth-order valence-corrected chi connectivity index (χ4v) is 10.5. The molecule has 5 atom stereocenters. The van der Waals surface area contributed by atoms with Gasteiger partial charge in [-0.2, -0.15) is 0 Å². The van der Waals surface area contributed by atoms with E-state index in [-0.39, 0.29) is 25.7 Å². The van der Waals surface area contributed by atoms with Crippen molar-refractivity contribution in [2.75, 3.05) is 39.6 Å². The molecule has 0 aromatic carbocycles. The maximum atomic E-state index is 12.9. The van der Waals surface area contributed by atoms with Gasteiger partial charge >= 0.3 is 39.5 Å². The molecule has 468 valence electrons. The van der Waals surface area contributed by atoms with Gasteiger partial charge in [-0.05, 0) is 31.6 Å². The second kappa shape index (κ2) is 54.0. The van der Waals surface area contributed by atoms with Crippen LogP contribution in [0.3, 0.4) is 0 Å². The van der Waals surface area contributed by atoms with Gasteiger partial charge < -0.3 is 33.8 Å². The number of esters is 4. The first-order chi connectivity index (χ1) is 38.0. The first-order valence-corrected chi connectivity index (χ1v) is 34.6. The van der Waals surface area contributed by atoms with E-state index in [1.54, 1.807) is 0 Å². The molecule has 79 heavy (non-hydrogen) atoms. The Hall–Kier alpha value is -1.94. The van der Waals surface area contributed by atoms with Gasteiger partial charge in [0.05, 0.1) is 26.4 Å². The molecule has 0 bridgehead atoms. The maximum absolute atomic E-state index is 12.9. The lowest BCUT2D eigenvalue weighted by atomic mass is 10.0. The zero-order chi connectivity index (χ0) is 58.5. The number of phosphoric ester groups is 2. The molecule has 0 spiro atoms. The molecular weight excluding hydrogens is 1050 g/mol. The quantitative estimate of drug-likeness (QED) is 0.0222. The number of carbonyl (C=O) groups is 4. The van der Waals surface area contributed by atoms with Crippen LogP contribution in [-0.4, -0.2) is 96.7 Å². The van der Waals surface area contributed by atoms with Gasteiger partial charge in [0, 0.05) is 25.7 Å². The molecule has 0 saturated heterocycles. The topological polar surface area (TPSA) is 237 Å². The smallest absolute Gasteiger partial charge is 0.462 e. The zero-order valence-corrected chi connectivity index (χ0v) is 52.3. The van der Waals surface area contributed by atoms with Gasteiger partial charge in [-0.1, -0.05) is 247 Å². The molecule has 17 nitrogen and oxygen atoms in total. The van der Waals surface area contributed by atoms with Gasteiger partial charge in [0.15, 0.2) is 12.2 Å². The first-order valence-electron chi connectivity index (χ1n) is 31.6. The van der Waals surface area contributed by atoms with Gasteiger partial charge in [0.25, 0.3) is 0 Å². The van der Waals surface area contributed by atoms with Crippen molar-refractivity contribution in [3.8, 4) is 0 Å². The molecule has 19 heteroatoms. The van der Waals surface area contributed by atoms with E-state index >= 15 is 0 Å². The molecule has 0 aromatic rings. The van der Waals surface area contributed by atoms with Gasteiger partial charge in [0.2, 0.25) is 0 Å². The summed E-state index contributed by atoms with van der Waals surface area (Å²) < 4.78 is 67.6. The summed E-state index contributed by atoms with van der Waals surface area (Å²) in [4.78, 5) is 71.8. The van der Waals surface area contributed by atoms with Gasteiger partial charge in [-0.3, -0.25) is 37.3 Å². The summed E-state index contributed by atoms with van der Waals surface area (Å²) in [5, 5.41) is 10.5. The van der Waals surface area contributed by atoms with E-state index in [1.165, 1.54) is 116 Å². The molecule has 0 amide bonds. The minimum atomic E-state index is -4.94. The molecule has 0 aromatic heterocycles. The predicted molar refractivity (Wildman–Crippen MR) is 312 cm³/mol. The third-order valence-electron chi connectivity index (χ3n) is 13.8. The summed E-state index contributed by atoms with van der Waals surface area (Å²) in [6.07, 6.45) is 36.5. The van der Waals surface area contributed by atoms with Crippen LogP contribution >= 0.6 is 15.6 Å². The van der Waals surface area contributed by atoms with Crippen LogP contribution in [0.1, 0.15) is 298 Å². The van der Waals surface area contributed by atoms with Crippen LogP contribution in [0.2, 0.25) is 0 Å². The summed E-state index contributed by atoms with van der Waals surface area (Å²) in [6.45, 7) is 7.04. The molecule has 3 N–H and O–H groups in total. The highest BCUT2D eigenvalue weighted by molar-refractivity contribution is 7.47. The van der Waals surface area contributed by atoms with E-state index in [0.717, 1.165) is 102 Å². The second-order valence-corrected chi connectivity index (χ2v) is 25.1. The molecule has 0 aliphatic rings. The predicted octanol–water partition coefficient (Wildman–Crippen LogP) is 16.2. The van der Waals surface area contributed by atoms with Crippen LogP contribution in [0, 0.1) is 5.92 Å². The lowest BCUT2D eigenvalue weighted by Crippen LogP contribution is -2.30. The Kier molecular flexibility index (Phi) is 52.7. The van der Waals surface area contributed by atoms with Crippen molar-refractivity contribution in [1.82, 2.24) is 0 Å². The van der Waals surface area contributed by atoms with Crippen LogP contribution in [-0.2, 0) is 65.4 Å². The lowest BCUT2D eigenvalue weighted by Gasteiger charge is -2.21. The van der Waals surface area contributed by atoms with Crippen LogP contribution < -0.4 is 0 Å². The van der Waals surface area contributed by atoms with E-state index in [9.17, 15) is 43.2 Å². The zero-order valence-electron chi connectivity index (χ0n) is 50.5. The average molecular weight is 1170 g/mol. The van der Waals surface area contributed by atoms with Crippen LogP contribution in [0.4, 0.5) is 0 Å². The van der Waals surface area contributed by atoms with Gasteiger partial charge in [0.1, 0.15) is 19.3 Å². The maximum Gasteiger partial charge on any atom is 0.472 e. The third kappa shape index (κ3) is 55.0. The Morgan fingerprint density at radius 3 is 0.861 bits per heavy atom. The Bertz CT molecular complexity index is 1550. The van der Waals surface area contributed by atoms with E-state index < -0.39 is 97.5 Å². The van der Waals surface area contributed by atoms with Crippen LogP contribution in [0.25, 0.3) is 0 Å². The summed E-state index contributed by atoms with van der Waals surface area (Å²) in [7, 11) is -9.87. The van der Waals surface area contributed by atoms with E-state index in [4.69, 9.17) is 37.0 Å². The van der Waals surface area contributed by atoms with Gasteiger partial charge in [-0.15, -0.1) is 0 Å². The Morgan fingerprint density at radius 2 is 0.582 bits per heavy atom. The second-order valence-electron chi connectivity index (χ2n) is 22.2. The van der Waals surface area contributed by atoms with Crippen molar-refractivity contribution in [2.45, 2.75) is 316 Å². The SMILES string of the molecule is CCCCCCCCCCCCCCC(=O)O[C@H](COC(=O)CCCCCCCCCCC(C)C)COP(=O)(O)OC[C@@H](O)COP(=O)(O)OC[C@@H](COC(=O)CCCCCCC)OC(=O)CCCCCCCCCCCCC. The van der Waals surface area contributed by atoms with Crippen LogP contribution in [0.15, 0.2) is 0 Å². The first kappa shape index (κ1) is 77.1. The number of hydrogen-bond acceptors (Lipinski definition) is 15. The Balaban J connectivity index is 5.18. The van der Waals surface area contributed by atoms with Crippen molar-refractivity contribution in [3.05, 3.63) is 0 Å². The summed E-state index contributed by atoms with van der Waals surface area (Å²) in [5.74, 6) is -1.42. The Labute approximate surface area is 479 Å². The van der Waals surface area contributed by atoms with Crippen molar-refractivity contribution < 1.29 is 80.2 Å². The normalized spacial score (nSPS) is 14.3. The largest absolute Gasteiger partial charge is 0.472 e. The molecule has 0 aliphatic heterocycles. The summed E-state index contributed by atoms with van der Waals surface area (Å²) in [5.41, 5.74) is 0. The van der Waals surface area contributed by atoms with E-state index in [2.05, 4.69) is 34.6 Å². The van der Waals surface area contributed by atoms with E-state index in [0.29, 0.717) is 25.7 Å². The number of hydrogen-bond donors (Lipinski definition) is 3. The number of aliphatic hydroxyl groups excluding tert-OH is 1. The minimum absolute atomic E-state index is 0.106. The molecule has 2 unspecified atom stereocenters. The molecule has 0 saturated carbocycles. The lowest BCUT2D eigenvalue weighted by molar-refractivity contribution is -0.161. The fraction of sp³-hybridized carbons (Fsp3) is 0.933. The van der Waals surface area contributed by atoms with Crippen LogP contribution in [0.5, 0.6) is 0 Å². The molecule has 0 aliphatic carbocycles. The number of ether oxygens (including phenoxy) is 4. The number of phosphoric acid groups is 2. The van der Waals surface area contributed by atoms with Crippen molar-refractivity contribution in [3.63, 3.8) is 0 Å². The van der Waals surface area contributed by atoms with Gasteiger partial charge in [-0.25, -0.2) is 9.13 Å². The molecule has 0 fully saturated rings.